The van der Waals surface area contributed by atoms with Crippen molar-refractivity contribution in [2.75, 3.05) is 18.7 Å². The summed E-state index contributed by atoms with van der Waals surface area (Å²) in [6, 6.07) is 0. The fourth-order valence-electron chi connectivity index (χ4n) is 2.17. The minimum absolute atomic E-state index is 0.241. The van der Waals surface area contributed by atoms with Crippen molar-refractivity contribution in [1.82, 2.24) is 19.5 Å². The highest BCUT2D eigenvalue weighted by atomic mass is 31.2. The number of fused-ring (bicyclic) bond motifs is 1. The highest BCUT2D eigenvalue weighted by molar-refractivity contribution is 7.51. The number of imidazole rings is 1. The summed E-state index contributed by atoms with van der Waals surface area (Å²) in [5.74, 6) is 0.283. The first-order valence-corrected chi connectivity index (χ1v) is 7.94. The molecule has 0 radical (unpaired) electrons. The van der Waals surface area contributed by atoms with E-state index in [1.807, 2.05) is 0 Å². The highest BCUT2D eigenvalue weighted by Crippen LogP contribution is 2.36. The van der Waals surface area contributed by atoms with Gasteiger partial charge in [0.05, 0.1) is 19.0 Å². The Hall–Kier alpha value is -1.58. The summed E-state index contributed by atoms with van der Waals surface area (Å²) in [6.07, 6.45) is 1.95. The standard InChI is InChI=1S/C10H14N5O5P/c11-9-8-10(13-3-12-9)15(4-14-8)7-1-6(2-19-7)20-5-21(16,17)18/h3-4,6-7H,1-2,5H2,(H2,11,12,13)(H2,16,17,18)/t6-,7+/m0/s1. The molecule has 1 aliphatic heterocycles. The molecule has 2 aromatic rings. The highest BCUT2D eigenvalue weighted by Gasteiger charge is 2.30. The third-order valence-corrected chi connectivity index (χ3v) is 3.60. The van der Waals surface area contributed by atoms with Crippen LogP contribution in [0.4, 0.5) is 5.82 Å². The average molecular weight is 315 g/mol. The number of hydrogen-bond donors (Lipinski definition) is 3. The van der Waals surface area contributed by atoms with Crippen LogP contribution in [-0.2, 0) is 14.0 Å². The molecule has 0 saturated carbocycles. The van der Waals surface area contributed by atoms with Gasteiger partial charge in [-0.25, -0.2) is 15.0 Å². The second-order valence-electron chi connectivity index (χ2n) is 4.69. The predicted octanol–water partition coefficient (Wildman–Crippen LogP) is -0.152. The van der Waals surface area contributed by atoms with Crippen molar-refractivity contribution in [3.63, 3.8) is 0 Å². The quantitative estimate of drug-likeness (QED) is 0.655. The fourth-order valence-corrected chi connectivity index (χ4v) is 2.58. The average Bonchev–Trinajstić information content (AvgIpc) is 3.02. The molecule has 11 heteroatoms. The summed E-state index contributed by atoms with van der Waals surface area (Å²) in [5, 5.41) is 0. The number of aromatic nitrogens is 4. The number of nitrogens with two attached hydrogens (primary N) is 1. The number of rotatable bonds is 4. The van der Waals surface area contributed by atoms with E-state index in [2.05, 4.69) is 15.0 Å². The fraction of sp³-hybridized carbons (Fsp3) is 0.500. The van der Waals surface area contributed by atoms with Crippen molar-refractivity contribution in [1.29, 1.82) is 0 Å². The molecule has 21 heavy (non-hydrogen) atoms. The maximum absolute atomic E-state index is 10.8. The molecule has 0 aromatic carbocycles. The lowest BCUT2D eigenvalue weighted by Gasteiger charge is -2.12. The first-order valence-electron chi connectivity index (χ1n) is 6.15. The zero-order valence-corrected chi connectivity index (χ0v) is 11.8. The van der Waals surface area contributed by atoms with Crippen molar-refractivity contribution in [2.24, 2.45) is 0 Å². The lowest BCUT2D eigenvalue weighted by atomic mass is 10.3. The molecule has 4 N–H and O–H groups in total. The van der Waals surface area contributed by atoms with E-state index in [0.717, 1.165) is 0 Å². The Bertz CT molecular complexity index is 700. The predicted molar refractivity (Wildman–Crippen MR) is 71.1 cm³/mol. The van der Waals surface area contributed by atoms with E-state index in [1.54, 1.807) is 10.9 Å². The van der Waals surface area contributed by atoms with E-state index < -0.39 is 13.9 Å². The second kappa shape index (κ2) is 5.32. The molecule has 1 saturated heterocycles. The van der Waals surface area contributed by atoms with Crippen molar-refractivity contribution in [3.05, 3.63) is 12.7 Å². The number of ether oxygens (including phenoxy) is 2. The first kappa shape index (κ1) is 14.4. The van der Waals surface area contributed by atoms with Gasteiger partial charge >= 0.3 is 7.60 Å². The van der Waals surface area contributed by atoms with Gasteiger partial charge < -0.3 is 25.0 Å². The maximum atomic E-state index is 10.8. The van der Waals surface area contributed by atoms with Crippen LogP contribution in [0.1, 0.15) is 12.6 Å². The van der Waals surface area contributed by atoms with Gasteiger partial charge in [0, 0.05) is 6.42 Å². The van der Waals surface area contributed by atoms with Crippen molar-refractivity contribution in [2.45, 2.75) is 18.8 Å². The number of anilines is 1. The molecule has 0 bridgehead atoms. The van der Waals surface area contributed by atoms with Crippen LogP contribution in [0.25, 0.3) is 11.2 Å². The van der Waals surface area contributed by atoms with E-state index in [9.17, 15) is 4.57 Å². The van der Waals surface area contributed by atoms with E-state index in [-0.39, 0.29) is 24.8 Å². The summed E-state index contributed by atoms with van der Waals surface area (Å²) in [7, 11) is -4.18. The monoisotopic (exact) mass is 315 g/mol. The van der Waals surface area contributed by atoms with Crippen LogP contribution in [-0.4, -0.2) is 48.4 Å². The lowest BCUT2D eigenvalue weighted by molar-refractivity contribution is 0.0359. The normalized spacial score (nSPS) is 23.0. The van der Waals surface area contributed by atoms with Crippen LogP contribution in [0.3, 0.4) is 0 Å². The van der Waals surface area contributed by atoms with E-state index in [1.165, 1.54) is 6.33 Å². The molecule has 0 unspecified atom stereocenters. The van der Waals surface area contributed by atoms with Crippen LogP contribution in [0.5, 0.6) is 0 Å². The molecule has 0 spiro atoms. The van der Waals surface area contributed by atoms with Gasteiger partial charge in [-0.15, -0.1) is 0 Å². The lowest BCUT2D eigenvalue weighted by Crippen LogP contribution is -2.14. The SMILES string of the molecule is Nc1ncnc2c1ncn2[C@H]1C[C@H](OCP(=O)(O)O)CO1. The number of nitrogen functional groups attached to an aromatic ring is 1. The third-order valence-electron chi connectivity index (χ3n) is 3.11. The Labute approximate surface area is 119 Å². The van der Waals surface area contributed by atoms with Gasteiger partial charge in [-0.1, -0.05) is 0 Å². The largest absolute Gasteiger partial charge is 0.382 e. The molecule has 114 valence electrons. The van der Waals surface area contributed by atoms with Gasteiger partial charge in [0.1, 0.15) is 24.4 Å². The van der Waals surface area contributed by atoms with Crippen LogP contribution in [0.2, 0.25) is 0 Å². The van der Waals surface area contributed by atoms with Crippen LogP contribution >= 0.6 is 7.60 Å². The van der Waals surface area contributed by atoms with Crippen LogP contribution in [0, 0.1) is 0 Å². The van der Waals surface area contributed by atoms with Gasteiger partial charge in [0.2, 0.25) is 0 Å². The molecule has 3 heterocycles. The Balaban J connectivity index is 1.73. The molecule has 0 aliphatic carbocycles. The van der Waals surface area contributed by atoms with E-state index in [0.29, 0.717) is 17.6 Å². The molecule has 1 fully saturated rings. The van der Waals surface area contributed by atoms with Gasteiger partial charge in [0.15, 0.2) is 11.5 Å². The maximum Gasteiger partial charge on any atom is 0.350 e. The zero-order chi connectivity index (χ0) is 15.0. The minimum atomic E-state index is -4.18. The van der Waals surface area contributed by atoms with Gasteiger partial charge in [0.25, 0.3) is 0 Å². The Kier molecular flexibility index (Phi) is 3.64. The first-order chi connectivity index (χ1) is 9.94. The van der Waals surface area contributed by atoms with Crippen molar-refractivity contribution < 1.29 is 23.8 Å². The van der Waals surface area contributed by atoms with Crippen LogP contribution < -0.4 is 5.73 Å². The molecule has 3 rings (SSSR count). The van der Waals surface area contributed by atoms with Gasteiger partial charge in [-0.2, -0.15) is 0 Å². The molecular formula is C10H14N5O5P. The minimum Gasteiger partial charge on any atom is -0.382 e. The van der Waals surface area contributed by atoms with Gasteiger partial charge in [-0.3, -0.25) is 9.13 Å². The second-order valence-corrected chi connectivity index (χ2v) is 6.28. The Morgan fingerprint density at radius 3 is 3.05 bits per heavy atom. The Morgan fingerprint density at radius 1 is 1.48 bits per heavy atom. The molecule has 2 aromatic heterocycles. The molecule has 10 nitrogen and oxygen atoms in total. The topological polar surface area (TPSA) is 146 Å². The summed E-state index contributed by atoms with van der Waals surface area (Å²) >= 11 is 0. The van der Waals surface area contributed by atoms with Crippen LogP contribution in [0.15, 0.2) is 12.7 Å². The van der Waals surface area contributed by atoms with Crippen molar-refractivity contribution >= 4 is 24.6 Å². The van der Waals surface area contributed by atoms with E-state index >= 15 is 0 Å². The smallest absolute Gasteiger partial charge is 0.350 e. The molecule has 2 atom stereocenters. The molecular weight excluding hydrogens is 301 g/mol. The summed E-state index contributed by atoms with van der Waals surface area (Å²) in [5.41, 5.74) is 6.74. The third kappa shape index (κ3) is 3.04. The Morgan fingerprint density at radius 2 is 2.29 bits per heavy atom. The van der Waals surface area contributed by atoms with E-state index in [4.69, 9.17) is 25.0 Å². The number of nitrogens with zero attached hydrogens (tertiary/aromatic N) is 4. The molecule has 1 aliphatic rings. The molecule has 0 amide bonds. The zero-order valence-electron chi connectivity index (χ0n) is 10.9. The van der Waals surface area contributed by atoms with Crippen molar-refractivity contribution in [3.8, 4) is 0 Å². The van der Waals surface area contributed by atoms with Gasteiger partial charge in [-0.05, 0) is 0 Å². The summed E-state index contributed by atoms with van der Waals surface area (Å²) in [4.78, 5) is 29.7. The summed E-state index contributed by atoms with van der Waals surface area (Å²) in [6.45, 7) is 0.241. The summed E-state index contributed by atoms with van der Waals surface area (Å²) < 4.78 is 23.2. The number of hydrogen-bond acceptors (Lipinski definition) is 7.